The maximum Gasteiger partial charge on any atom is 0.310 e. The Morgan fingerprint density at radius 1 is 1.61 bits per heavy atom. The van der Waals surface area contributed by atoms with Gasteiger partial charge in [0, 0.05) is 13.1 Å². The smallest absolute Gasteiger partial charge is 0.310 e. The Labute approximate surface area is 111 Å². The molecule has 1 aliphatic heterocycles. The average Bonchev–Trinajstić information content (AvgIpc) is 2.87. The van der Waals surface area contributed by atoms with Crippen molar-refractivity contribution in [2.75, 3.05) is 25.1 Å². The fourth-order valence-electron chi connectivity index (χ4n) is 2.23. The van der Waals surface area contributed by atoms with Crippen molar-refractivity contribution in [3.05, 3.63) is 28.8 Å². The molecule has 0 radical (unpaired) electrons. The summed E-state index contributed by atoms with van der Waals surface area (Å²) in [5.41, 5.74) is 1.25. The standard InChI is InChI=1S/C13H13ClN2O2/c1-18-13(17)9-5-6-16(8-9)12-4-2-3-11(14)10(12)7-15/h2-4,9H,5-6,8H2,1H3/t9-/m0/s1. The van der Waals surface area contributed by atoms with Crippen LogP contribution in [-0.4, -0.2) is 26.2 Å². The summed E-state index contributed by atoms with van der Waals surface area (Å²) in [4.78, 5) is 13.5. The number of hydrogen-bond donors (Lipinski definition) is 0. The van der Waals surface area contributed by atoms with E-state index in [1.54, 1.807) is 6.07 Å². The Balaban J connectivity index is 2.23. The van der Waals surface area contributed by atoms with Crippen LogP contribution < -0.4 is 4.90 Å². The van der Waals surface area contributed by atoms with Crippen LogP contribution in [0.3, 0.4) is 0 Å². The number of nitrogens with zero attached hydrogens (tertiary/aromatic N) is 2. The lowest BCUT2D eigenvalue weighted by molar-refractivity contribution is -0.144. The van der Waals surface area contributed by atoms with E-state index >= 15 is 0 Å². The van der Waals surface area contributed by atoms with Gasteiger partial charge in [-0.2, -0.15) is 5.26 Å². The third-order valence-corrected chi connectivity index (χ3v) is 3.48. The van der Waals surface area contributed by atoms with Gasteiger partial charge < -0.3 is 9.64 Å². The first-order valence-corrected chi connectivity index (χ1v) is 6.06. The van der Waals surface area contributed by atoms with Gasteiger partial charge in [-0.3, -0.25) is 4.79 Å². The number of halogens is 1. The summed E-state index contributed by atoms with van der Waals surface area (Å²) in [6, 6.07) is 7.46. The lowest BCUT2D eigenvalue weighted by Gasteiger charge is -2.20. The number of methoxy groups -OCH3 is 1. The minimum Gasteiger partial charge on any atom is -0.469 e. The van der Waals surface area contributed by atoms with E-state index in [9.17, 15) is 4.79 Å². The van der Waals surface area contributed by atoms with Gasteiger partial charge in [0.05, 0.1) is 29.3 Å². The predicted molar refractivity (Wildman–Crippen MR) is 68.5 cm³/mol. The first-order chi connectivity index (χ1) is 8.67. The van der Waals surface area contributed by atoms with Gasteiger partial charge in [0.2, 0.25) is 0 Å². The molecule has 1 atom stereocenters. The van der Waals surface area contributed by atoms with E-state index in [1.807, 2.05) is 17.0 Å². The summed E-state index contributed by atoms with van der Waals surface area (Å²) in [6.07, 6.45) is 0.740. The molecule has 0 bridgehead atoms. The molecular weight excluding hydrogens is 252 g/mol. The summed E-state index contributed by atoms with van der Waals surface area (Å²) in [6.45, 7) is 1.30. The van der Waals surface area contributed by atoms with E-state index in [4.69, 9.17) is 21.6 Å². The van der Waals surface area contributed by atoms with Crippen LogP contribution in [0.25, 0.3) is 0 Å². The zero-order valence-electron chi connectivity index (χ0n) is 10.0. The highest BCUT2D eigenvalue weighted by Gasteiger charge is 2.30. The Morgan fingerprint density at radius 2 is 2.39 bits per heavy atom. The van der Waals surface area contributed by atoms with Crippen LogP contribution in [0.15, 0.2) is 18.2 Å². The second-order valence-corrected chi connectivity index (χ2v) is 4.61. The van der Waals surface area contributed by atoms with Gasteiger partial charge in [0.1, 0.15) is 6.07 Å². The van der Waals surface area contributed by atoms with Crippen LogP contribution in [0, 0.1) is 17.2 Å². The number of carbonyl (C=O) groups excluding carboxylic acids is 1. The minimum atomic E-state index is -0.196. The zero-order valence-corrected chi connectivity index (χ0v) is 10.8. The monoisotopic (exact) mass is 264 g/mol. The van der Waals surface area contributed by atoms with Gasteiger partial charge in [-0.15, -0.1) is 0 Å². The van der Waals surface area contributed by atoms with E-state index in [0.29, 0.717) is 17.1 Å². The molecule has 1 fully saturated rings. The summed E-state index contributed by atoms with van der Waals surface area (Å²) in [7, 11) is 1.39. The van der Waals surface area contributed by atoms with Crippen molar-refractivity contribution in [2.45, 2.75) is 6.42 Å². The number of hydrogen-bond acceptors (Lipinski definition) is 4. The van der Waals surface area contributed by atoms with Crippen molar-refractivity contribution in [1.29, 1.82) is 5.26 Å². The van der Waals surface area contributed by atoms with Crippen molar-refractivity contribution in [3.63, 3.8) is 0 Å². The number of ether oxygens (including phenoxy) is 1. The first-order valence-electron chi connectivity index (χ1n) is 5.68. The number of esters is 1. The third kappa shape index (κ3) is 2.27. The molecule has 1 heterocycles. The van der Waals surface area contributed by atoms with E-state index in [2.05, 4.69) is 6.07 Å². The summed E-state index contributed by atoms with van der Waals surface area (Å²) < 4.78 is 4.74. The van der Waals surface area contributed by atoms with Crippen LogP contribution in [0.2, 0.25) is 5.02 Å². The second-order valence-electron chi connectivity index (χ2n) is 4.20. The first kappa shape index (κ1) is 12.7. The molecule has 5 heteroatoms. The fraction of sp³-hybridized carbons (Fsp3) is 0.385. The number of nitriles is 1. The van der Waals surface area contributed by atoms with E-state index in [0.717, 1.165) is 18.7 Å². The lowest BCUT2D eigenvalue weighted by Crippen LogP contribution is -2.24. The molecule has 0 N–H and O–H groups in total. The SMILES string of the molecule is COC(=O)[C@H]1CCN(c2cccc(Cl)c2C#N)C1. The molecule has 0 unspecified atom stereocenters. The van der Waals surface area contributed by atoms with E-state index in [1.165, 1.54) is 7.11 Å². The molecule has 1 aromatic rings. The van der Waals surface area contributed by atoms with Gasteiger partial charge in [-0.25, -0.2) is 0 Å². The highest BCUT2D eigenvalue weighted by molar-refractivity contribution is 6.32. The van der Waals surface area contributed by atoms with Gasteiger partial charge in [0.25, 0.3) is 0 Å². The molecular formula is C13H13ClN2O2. The number of anilines is 1. The number of benzene rings is 1. The molecule has 18 heavy (non-hydrogen) atoms. The van der Waals surface area contributed by atoms with Gasteiger partial charge >= 0.3 is 5.97 Å². The van der Waals surface area contributed by atoms with Crippen molar-refractivity contribution < 1.29 is 9.53 Å². The summed E-state index contributed by atoms with van der Waals surface area (Å²) in [5, 5.41) is 9.57. The largest absolute Gasteiger partial charge is 0.469 e. The van der Waals surface area contributed by atoms with Crippen molar-refractivity contribution in [1.82, 2.24) is 0 Å². The number of rotatable bonds is 2. The van der Waals surface area contributed by atoms with Crippen LogP contribution >= 0.6 is 11.6 Å². The highest BCUT2D eigenvalue weighted by atomic mass is 35.5. The molecule has 4 nitrogen and oxygen atoms in total. The van der Waals surface area contributed by atoms with Gasteiger partial charge in [-0.1, -0.05) is 17.7 Å². The van der Waals surface area contributed by atoms with Crippen molar-refractivity contribution >= 4 is 23.3 Å². The maximum atomic E-state index is 11.5. The Bertz CT molecular complexity index is 510. The Morgan fingerprint density at radius 3 is 3.06 bits per heavy atom. The van der Waals surface area contributed by atoms with Gasteiger partial charge in [-0.05, 0) is 18.6 Å². The van der Waals surface area contributed by atoms with Crippen LogP contribution in [0.4, 0.5) is 5.69 Å². The molecule has 1 aromatic carbocycles. The fourth-order valence-corrected chi connectivity index (χ4v) is 2.44. The van der Waals surface area contributed by atoms with Crippen LogP contribution in [0.5, 0.6) is 0 Å². The normalized spacial score (nSPS) is 18.5. The molecule has 94 valence electrons. The molecule has 1 aliphatic rings. The molecule has 0 aliphatic carbocycles. The Kier molecular flexibility index (Phi) is 3.73. The third-order valence-electron chi connectivity index (χ3n) is 3.17. The van der Waals surface area contributed by atoms with E-state index in [-0.39, 0.29) is 11.9 Å². The number of carbonyl (C=O) groups is 1. The highest BCUT2D eigenvalue weighted by Crippen LogP contribution is 2.31. The predicted octanol–water partition coefficient (Wildman–Crippen LogP) is 2.21. The van der Waals surface area contributed by atoms with Crippen LogP contribution in [0.1, 0.15) is 12.0 Å². The lowest BCUT2D eigenvalue weighted by atomic mass is 10.1. The minimum absolute atomic E-state index is 0.125. The average molecular weight is 265 g/mol. The Hall–Kier alpha value is -1.73. The maximum absolute atomic E-state index is 11.5. The van der Waals surface area contributed by atoms with Gasteiger partial charge in [0.15, 0.2) is 0 Å². The van der Waals surface area contributed by atoms with Crippen LogP contribution in [-0.2, 0) is 9.53 Å². The topological polar surface area (TPSA) is 53.3 Å². The quantitative estimate of drug-likeness (QED) is 0.769. The molecule has 1 saturated heterocycles. The molecule has 0 spiro atoms. The second kappa shape index (κ2) is 5.28. The molecule has 0 amide bonds. The van der Waals surface area contributed by atoms with Crippen molar-refractivity contribution in [2.24, 2.45) is 5.92 Å². The molecule has 0 saturated carbocycles. The summed E-state index contributed by atoms with van der Waals surface area (Å²) >= 11 is 5.99. The molecule has 2 rings (SSSR count). The zero-order chi connectivity index (χ0) is 13.1. The van der Waals surface area contributed by atoms with E-state index < -0.39 is 0 Å². The van der Waals surface area contributed by atoms with Crippen molar-refractivity contribution in [3.8, 4) is 6.07 Å². The summed E-state index contributed by atoms with van der Waals surface area (Å²) in [5.74, 6) is -0.321. The molecule has 0 aromatic heterocycles.